The Kier molecular flexibility index (Phi) is 3.77. The summed E-state index contributed by atoms with van der Waals surface area (Å²) in [5, 5.41) is 13.1. The minimum atomic E-state index is -0.321. The Labute approximate surface area is 125 Å². The van der Waals surface area contributed by atoms with Crippen LogP contribution in [0.3, 0.4) is 0 Å². The summed E-state index contributed by atoms with van der Waals surface area (Å²) in [5.41, 5.74) is 0.438. The molecule has 2 heterocycles. The first-order chi connectivity index (χ1) is 10.1. The van der Waals surface area contributed by atoms with Gasteiger partial charge in [0, 0.05) is 12.5 Å². The normalized spacial score (nSPS) is 21.8. The van der Waals surface area contributed by atoms with Crippen LogP contribution in [0.1, 0.15) is 34.5 Å². The van der Waals surface area contributed by atoms with Crippen molar-refractivity contribution >= 4 is 27.5 Å². The molecule has 0 spiro atoms. The maximum atomic E-state index is 12.3. The number of aliphatic hydroxyl groups is 1. The monoisotopic (exact) mass is 307 g/mol. The fourth-order valence-electron chi connectivity index (χ4n) is 2.85. The molecule has 2 unspecified atom stereocenters. The molecule has 2 aromatic rings. The average Bonchev–Trinajstić information content (AvgIpc) is 3.01. The highest BCUT2D eigenvalue weighted by molar-refractivity contribution is 7.20. The van der Waals surface area contributed by atoms with E-state index in [0.29, 0.717) is 27.2 Å². The summed E-state index contributed by atoms with van der Waals surface area (Å²) in [4.78, 5) is 31.8. The molecule has 3 rings (SSSR count). The van der Waals surface area contributed by atoms with Gasteiger partial charge in [0.2, 0.25) is 0 Å². The first-order valence-electron chi connectivity index (χ1n) is 7.01. The highest BCUT2D eigenvalue weighted by atomic mass is 32.1. The quantitative estimate of drug-likeness (QED) is 0.793. The van der Waals surface area contributed by atoms with Gasteiger partial charge in [0.15, 0.2) is 0 Å². The van der Waals surface area contributed by atoms with Crippen LogP contribution in [0.15, 0.2) is 11.1 Å². The molecule has 112 valence electrons. The zero-order chi connectivity index (χ0) is 15.0. The van der Waals surface area contributed by atoms with Crippen LogP contribution >= 0.6 is 11.3 Å². The van der Waals surface area contributed by atoms with Gasteiger partial charge in [0.1, 0.15) is 4.83 Å². The minimum Gasteiger partial charge on any atom is -0.393 e. The zero-order valence-electron chi connectivity index (χ0n) is 11.7. The van der Waals surface area contributed by atoms with E-state index in [2.05, 4.69) is 15.3 Å². The summed E-state index contributed by atoms with van der Waals surface area (Å²) >= 11 is 1.22. The summed E-state index contributed by atoms with van der Waals surface area (Å²) in [6.07, 6.45) is 3.77. The molecule has 0 aromatic carbocycles. The van der Waals surface area contributed by atoms with Crippen LogP contribution in [0, 0.1) is 12.8 Å². The van der Waals surface area contributed by atoms with Crippen molar-refractivity contribution < 1.29 is 9.90 Å². The number of aliphatic hydroxyl groups excluding tert-OH is 1. The van der Waals surface area contributed by atoms with Crippen molar-refractivity contribution in [3.8, 4) is 0 Å². The molecular formula is C14H17N3O3S. The molecule has 1 saturated carbocycles. The largest absolute Gasteiger partial charge is 0.393 e. The number of amides is 1. The topological polar surface area (TPSA) is 95.1 Å². The number of nitrogens with one attached hydrogen (secondary N) is 2. The molecule has 1 fully saturated rings. The first kappa shape index (κ1) is 14.2. The summed E-state index contributed by atoms with van der Waals surface area (Å²) in [6, 6.07) is 0. The van der Waals surface area contributed by atoms with Crippen molar-refractivity contribution in [3.05, 3.63) is 27.1 Å². The number of hydrogen-bond donors (Lipinski definition) is 3. The lowest BCUT2D eigenvalue weighted by molar-refractivity contribution is 0.0920. The molecule has 1 amide bonds. The molecule has 0 bridgehead atoms. The van der Waals surface area contributed by atoms with E-state index in [1.165, 1.54) is 17.7 Å². The predicted molar refractivity (Wildman–Crippen MR) is 80.7 cm³/mol. The molecule has 21 heavy (non-hydrogen) atoms. The first-order valence-corrected chi connectivity index (χ1v) is 7.82. The average molecular weight is 307 g/mol. The lowest BCUT2D eigenvalue weighted by Crippen LogP contribution is -2.32. The highest BCUT2D eigenvalue weighted by Crippen LogP contribution is 2.27. The number of aromatic amines is 1. The third kappa shape index (κ3) is 2.58. The number of carbonyl (C=O) groups excluding carboxylic acids is 1. The van der Waals surface area contributed by atoms with E-state index >= 15 is 0 Å². The van der Waals surface area contributed by atoms with Crippen molar-refractivity contribution in [2.75, 3.05) is 6.54 Å². The van der Waals surface area contributed by atoms with Gasteiger partial charge in [-0.15, -0.1) is 11.3 Å². The van der Waals surface area contributed by atoms with Crippen molar-refractivity contribution in [2.24, 2.45) is 5.92 Å². The van der Waals surface area contributed by atoms with Gasteiger partial charge in [-0.1, -0.05) is 6.42 Å². The second-order valence-electron chi connectivity index (χ2n) is 5.44. The van der Waals surface area contributed by atoms with Crippen LogP contribution in [0.5, 0.6) is 0 Å². The molecule has 2 atom stereocenters. The number of nitrogens with zero attached hydrogens (tertiary/aromatic N) is 1. The van der Waals surface area contributed by atoms with Crippen molar-refractivity contribution in [2.45, 2.75) is 32.3 Å². The standard InChI is InChI=1S/C14H17N3O3S/c1-7-10-12(19)16-6-17-14(10)21-11(7)13(20)15-5-8-3-2-4-9(8)18/h6,8-9,18H,2-5H2,1H3,(H,15,20)(H,16,17,19). The minimum absolute atomic E-state index is 0.130. The SMILES string of the molecule is Cc1c(C(=O)NCC2CCCC2O)sc2nc[nH]c(=O)c12. The van der Waals surface area contributed by atoms with E-state index < -0.39 is 0 Å². The number of rotatable bonds is 3. The predicted octanol–water partition coefficient (Wildman–Crippen LogP) is 1.18. The maximum Gasteiger partial charge on any atom is 0.261 e. The summed E-state index contributed by atoms with van der Waals surface area (Å²) in [7, 11) is 0. The Morgan fingerprint density at radius 1 is 1.57 bits per heavy atom. The van der Waals surface area contributed by atoms with Crippen LogP contribution in [-0.2, 0) is 0 Å². The third-order valence-electron chi connectivity index (χ3n) is 4.08. The van der Waals surface area contributed by atoms with E-state index in [0.717, 1.165) is 19.3 Å². The van der Waals surface area contributed by atoms with Gasteiger partial charge in [-0.25, -0.2) is 4.98 Å². The second kappa shape index (κ2) is 5.57. The van der Waals surface area contributed by atoms with Crippen LogP contribution in [0.2, 0.25) is 0 Å². The van der Waals surface area contributed by atoms with Crippen LogP contribution in [-0.4, -0.2) is 33.6 Å². The third-order valence-corrected chi connectivity index (χ3v) is 5.28. The molecule has 0 aliphatic heterocycles. The number of hydrogen-bond acceptors (Lipinski definition) is 5. The van der Waals surface area contributed by atoms with Crippen LogP contribution in [0.4, 0.5) is 0 Å². The number of thiophene rings is 1. The molecule has 0 radical (unpaired) electrons. The van der Waals surface area contributed by atoms with E-state index in [1.54, 1.807) is 6.92 Å². The second-order valence-corrected chi connectivity index (χ2v) is 6.44. The number of aryl methyl sites for hydroxylation is 1. The number of aromatic nitrogens is 2. The van der Waals surface area contributed by atoms with E-state index in [-0.39, 0.29) is 23.5 Å². The molecule has 7 heteroatoms. The molecule has 3 N–H and O–H groups in total. The number of carbonyl (C=O) groups is 1. The fraction of sp³-hybridized carbons (Fsp3) is 0.500. The molecule has 1 aliphatic carbocycles. The Hall–Kier alpha value is -1.73. The zero-order valence-corrected chi connectivity index (χ0v) is 12.5. The van der Waals surface area contributed by atoms with Gasteiger partial charge in [0.25, 0.3) is 11.5 Å². The maximum absolute atomic E-state index is 12.3. The summed E-state index contributed by atoms with van der Waals surface area (Å²) < 4.78 is 0. The highest BCUT2D eigenvalue weighted by Gasteiger charge is 2.26. The molecule has 6 nitrogen and oxygen atoms in total. The van der Waals surface area contributed by atoms with Gasteiger partial charge >= 0.3 is 0 Å². The number of fused-ring (bicyclic) bond motifs is 1. The fourth-order valence-corrected chi connectivity index (χ4v) is 3.92. The Morgan fingerprint density at radius 2 is 2.38 bits per heavy atom. The van der Waals surface area contributed by atoms with Crippen molar-refractivity contribution in [3.63, 3.8) is 0 Å². The van der Waals surface area contributed by atoms with Crippen molar-refractivity contribution in [1.29, 1.82) is 0 Å². The van der Waals surface area contributed by atoms with Gasteiger partial charge in [-0.05, 0) is 25.3 Å². The molecule has 0 saturated heterocycles. The Balaban J connectivity index is 1.80. The van der Waals surface area contributed by atoms with Gasteiger partial charge in [-0.2, -0.15) is 0 Å². The van der Waals surface area contributed by atoms with Crippen LogP contribution < -0.4 is 10.9 Å². The van der Waals surface area contributed by atoms with Gasteiger partial charge in [0.05, 0.1) is 22.7 Å². The number of H-pyrrole nitrogens is 1. The van der Waals surface area contributed by atoms with E-state index in [4.69, 9.17) is 0 Å². The van der Waals surface area contributed by atoms with Gasteiger partial charge in [-0.3, -0.25) is 9.59 Å². The molecular weight excluding hydrogens is 290 g/mol. The van der Waals surface area contributed by atoms with Crippen LogP contribution in [0.25, 0.3) is 10.2 Å². The van der Waals surface area contributed by atoms with Crippen molar-refractivity contribution in [1.82, 2.24) is 15.3 Å². The Bertz CT molecular complexity index is 737. The summed E-state index contributed by atoms with van der Waals surface area (Å²) in [5.74, 6) is -0.0702. The van der Waals surface area contributed by atoms with E-state index in [9.17, 15) is 14.7 Å². The lowest BCUT2D eigenvalue weighted by atomic mass is 10.1. The molecule has 1 aliphatic rings. The van der Waals surface area contributed by atoms with Gasteiger partial charge < -0.3 is 15.4 Å². The molecule has 2 aromatic heterocycles. The Morgan fingerprint density at radius 3 is 3.05 bits per heavy atom. The lowest BCUT2D eigenvalue weighted by Gasteiger charge is -2.14. The van der Waals surface area contributed by atoms with E-state index in [1.807, 2.05) is 0 Å². The summed E-state index contributed by atoms with van der Waals surface area (Å²) in [6.45, 7) is 2.23. The smallest absolute Gasteiger partial charge is 0.261 e.